The van der Waals surface area contributed by atoms with Crippen LogP contribution in [0.1, 0.15) is 46.0 Å². The van der Waals surface area contributed by atoms with Crippen molar-refractivity contribution < 1.29 is 33.3 Å². The van der Waals surface area contributed by atoms with Crippen LogP contribution in [-0.2, 0) is 23.9 Å². The summed E-state index contributed by atoms with van der Waals surface area (Å²) in [5.74, 6) is 0.230. The van der Waals surface area contributed by atoms with Gasteiger partial charge >= 0.3 is 5.97 Å². The van der Waals surface area contributed by atoms with Crippen molar-refractivity contribution in [3.8, 4) is 11.5 Å². The summed E-state index contributed by atoms with van der Waals surface area (Å²) in [5, 5.41) is 2.81. The second-order valence-corrected chi connectivity index (χ2v) is 9.33. The monoisotopic (exact) mass is 488 g/mol. The lowest BCUT2D eigenvalue weighted by Gasteiger charge is -2.36. The smallest absolute Gasteiger partial charge is 0.309 e. The van der Waals surface area contributed by atoms with Gasteiger partial charge in [0, 0.05) is 37.1 Å². The Bertz CT molecular complexity index is 913. The summed E-state index contributed by atoms with van der Waals surface area (Å²) in [6.07, 6.45) is 3.81. The SMILES string of the molecule is CCOc1cc(N2CCOCC2)c(OCC)cc1NC(=O)COC(=O)C1CC2CCCC(C1)C2=O. The lowest BCUT2D eigenvalue weighted by Crippen LogP contribution is -2.40. The van der Waals surface area contributed by atoms with E-state index >= 15 is 0 Å². The number of nitrogens with zero attached hydrogens (tertiary/aromatic N) is 1. The van der Waals surface area contributed by atoms with Gasteiger partial charge in [-0.15, -0.1) is 0 Å². The Morgan fingerprint density at radius 2 is 1.69 bits per heavy atom. The molecule has 0 aromatic heterocycles. The fourth-order valence-electron chi connectivity index (χ4n) is 5.36. The highest BCUT2D eigenvalue weighted by Gasteiger charge is 2.41. The summed E-state index contributed by atoms with van der Waals surface area (Å²) in [6.45, 7) is 7.04. The number of rotatable bonds is 9. The third-order valence-corrected chi connectivity index (χ3v) is 7.01. The number of nitrogens with one attached hydrogen (secondary N) is 1. The molecule has 1 heterocycles. The molecule has 1 saturated heterocycles. The maximum absolute atomic E-state index is 12.7. The van der Waals surface area contributed by atoms with Crippen LogP contribution in [0.2, 0.25) is 0 Å². The number of benzene rings is 1. The average molecular weight is 489 g/mol. The summed E-state index contributed by atoms with van der Waals surface area (Å²) >= 11 is 0. The quantitative estimate of drug-likeness (QED) is 0.529. The molecule has 2 saturated carbocycles. The molecule has 1 N–H and O–H groups in total. The van der Waals surface area contributed by atoms with E-state index in [4.69, 9.17) is 18.9 Å². The van der Waals surface area contributed by atoms with Crippen LogP contribution in [0.5, 0.6) is 11.5 Å². The van der Waals surface area contributed by atoms with Crippen LogP contribution in [0, 0.1) is 17.8 Å². The summed E-state index contributed by atoms with van der Waals surface area (Å²) in [6, 6.07) is 3.63. The number of anilines is 2. The molecule has 2 unspecified atom stereocenters. The van der Waals surface area contributed by atoms with Crippen molar-refractivity contribution in [2.45, 2.75) is 46.0 Å². The standard InChI is InChI=1S/C26H36N2O7/c1-3-33-22-15-21(28-8-10-32-11-9-28)23(34-4-2)14-20(22)27-24(29)16-35-26(31)19-12-17-6-5-7-18(13-19)25(17)30/h14-15,17-19H,3-13,16H2,1-2H3,(H,27,29). The molecule has 1 aliphatic heterocycles. The maximum atomic E-state index is 12.7. The Kier molecular flexibility index (Phi) is 8.49. The Balaban J connectivity index is 1.40. The second-order valence-electron chi connectivity index (χ2n) is 9.33. The van der Waals surface area contributed by atoms with Gasteiger partial charge in [-0.3, -0.25) is 14.4 Å². The Morgan fingerprint density at radius 1 is 1.03 bits per heavy atom. The molecule has 4 rings (SSSR count). The number of hydrogen-bond donors (Lipinski definition) is 1. The van der Waals surface area contributed by atoms with Gasteiger partial charge in [0.05, 0.1) is 43.7 Å². The highest BCUT2D eigenvalue weighted by atomic mass is 16.5. The number of fused-ring (bicyclic) bond motifs is 2. The van der Waals surface area contributed by atoms with Gasteiger partial charge in [-0.05, 0) is 39.5 Å². The summed E-state index contributed by atoms with van der Waals surface area (Å²) in [7, 11) is 0. The first kappa shape index (κ1) is 25.3. The van der Waals surface area contributed by atoms with Crippen LogP contribution in [0.3, 0.4) is 0 Å². The number of esters is 1. The predicted octanol–water partition coefficient (Wildman–Crippen LogP) is 3.20. The molecule has 9 nitrogen and oxygen atoms in total. The minimum atomic E-state index is -0.451. The maximum Gasteiger partial charge on any atom is 0.309 e. The van der Waals surface area contributed by atoms with E-state index in [2.05, 4.69) is 10.2 Å². The zero-order chi connectivity index (χ0) is 24.8. The molecule has 0 spiro atoms. The Labute approximate surface area is 206 Å². The highest BCUT2D eigenvalue weighted by Crippen LogP contribution is 2.41. The van der Waals surface area contributed by atoms with Crippen LogP contribution >= 0.6 is 0 Å². The molecule has 1 amide bonds. The number of morpholine rings is 1. The van der Waals surface area contributed by atoms with Gasteiger partial charge in [0.15, 0.2) is 6.61 Å². The lowest BCUT2D eigenvalue weighted by atomic mass is 9.67. The van der Waals surface area contributed by atoms with Gasteiger partial charge in [-0.25, -0.2) is 0 Å². The largest absolute Gasteiger partial charge is 0.492 e. The van der Waals surface area contributed by atoms with Gasteiger partial charge in [-0.2, -0.15) is 0 Å². The van der Waals surface area contributed by atoms with E-state index in [0.29, 0.717) is 62.2 Å². The van der Waals surface area contributed by atoms with Crippen molar-refractivity contribution in [1.82, 2.24) is 0 Å². The van der Waals surface area contributed by atoms with Gasteiger partial charge in [0.25, 0.3) is 5.91 Å². The van der Waals surface area contributed by atoms with E-state index in [-0.39, 0.29) is 24.4 Å². The van der Waals surface area contributed by atoms with Crippen LogP contribution in [0.25, 0.3) is 0 Å². The van der Waals surface area contributed by atoms with Crippen molar-refractivity contribution in [3.63, 3.8) is 0 Å². The van der Waals surface area contributed by atoms with E-state index in [1.54, 1.807) is 6.07 Å². The molecule has 35 heavy (non-hydrogen) atoms. The number of hydrogen-bond acceptors (Lipinski definition) is 8. The van der Waals surface area contributed by atoms with E-state index in [1.807, 2.05) is 19.9 Å². The van der Waals surface area contributed by atoms with Gasteiger partial charge < -0.3 is 29.2 Å². The van der Waals surface area contributed by atoms with Crippen molar-refractivity contribution in [1.29, 1.82) is 0 Å². The van der Waals surface area contributed by atoms with E-state index in [0.717, 1.165) is 38.0 Å². The van der Waals surface area contributed by atoms with E-state index in [9.17, 15) is 14.4 Å². The van der Waals surface area contributed by atoms with Crippen LogP contribution in [0.15, 0.2) is 12.1 Å². The first-order valence-electron chi connectivity index (χ1n) is 12.8. The van der Waals surface area contributed by atoms with Gasteiger partial charge in [-0.1, -0.05) is 6.42 Å². The topological polar surface area (TPSA) is 103 Å². The first-order valence-corrected chi connectivity index (χ1v) is 12.8. The fraction of sp³-hybridized carbons (Fsp3) is 0.654. The third-order valence-electron chi connectivity index (χ3n) is 7.01. The zero-order valence-electron chi connectivity index (χ0n) is 20.7. The number of carbonyl (C=O) groups excluding carboxylic acids is 3. The van der Waals surface area contributed by atoms with E-state index in [1.165, 1.54) is 0 Å². The van der Waals surface area contributed by atoms with Gasteiger partial charge in [0.1, 0.15) is 17.3 Å². The normalized spacial score (nSPS) is 24.0. The molecule has 2 bridgehead atoms. The van der Waals surface area contributed by atoms with Crippen molar-refractivity contribution in [2.24, 2.45) is 17.8 Å². The summed E-state index contributed by atoms with van der Waals surface area (Å²) < 4.78 is 22.5. The molecule has 1 aromatic carbocycles. The molecule has 1 aromatic rings. The third kappa shape index (κ3) is 6.07. The lowest BCUT2D eigenvalue weighted by molar-refractivity contribution is -0.155. The molecule has 9 heteroatoms. The van der Waals surface area contributed by atoms with Crippen LogP contribution in [-0.4, -0.2) is 63.8 Å². The minimum absolute atomic E-state index is 0.0374. The molecule has 0 radical (unpaired) electrons. The summed E-state index contributed by atoms with van der Waals surface area (Å²) in [5.41, 5.74) is 1.35. The molecule has 3 fully saturated rings. The molecule has 2 atom stereocenters. The molecule has 192 valence electrons. The first-order chi connectivity index (χ1) is 17.0. The number of amides is 1. The van der Waals surface area contributed by atoms with Crippen molar-refractivity contribution in [2.75, 3.05) is 56.3 Å². The molecule has 2 aliphatic carbocycles. The minimum Gasteiger partial charge on any atom is -0.492 e. The highest BCUT2D eigenvalue weighted by molar-refractivity contribution is 5.95. The molecular weight excluding hydrogens is 452 g/mol. The second kappa shape index (κ2) is 11.7. The zero-order valence-corrected chi connectivity index (χ0v) is 20.7. The van der Waals surface area contributed by atoms with Gasteiger partial charge in [0.2, 0.25) is 0 Å². The number of carbonyl (C=O) groups is 3. The summed E-state index contributed by atoms with van der Waals surface area (Å²) in [4.78, 5) is 39.8. The Hall–Kier alpha value is -2.81. The predicted molar refractivity (Wildman–Crippen MR) is 130 cm³/mol. The molecule has 3 aliphatic rings. The van der Waals surface area contributed by atoms with Crippen molar-refractivity contribution in [3.05, 3.63) is 12.1 Å². The average Bonchev–Trinajstić information content (AvgIpc) is 2.84. The van der Waals surface area contributed by atoms with E-state index < -0.39 is 11.9 Å². The fourth-order valence-corrected chi connectivity index (χ4v) is 5.36. The van der Waals surface area contributed by atoms with Crippen LogP contribution < -0.4 is 19.7 Å². The Morgan fingerprint density at radius 3 is 2.34 bits per heavy atom. The van der Waals surface area contributed by atoms with Crippen LogP contribution in [0.4, 0.5) is 11.4 Å². The number of ether oxygens (including phenoxy) is 4. The number of ketones is 1. The molecular formula is C26H36N2O7. The van der Waals surface area contributed by atoms with Crippen molar-refractivity contribution >= 4 is 29.0 Å². The number of Topliss-reactive ketones (excluding diaryl/α,β-unsaturated/α-hetero) is 1.